The molecule has 0 aliphatic heterocycles. The lowest BCUT2D eigenvalue weighted by molar-refractivity contribution is 1.31. The third-order valence-electron chi connectivity index (χ3n) is 6.79. The van der Waals surface area contributed by atoms with E-state index in [2.05, 4.69) is 39.0 Å². The molecule has 1 aromatic carbocycles. The van der Waals surface area contributed by atoms with Gasteiger partial charge in [0.15, 0.2) is 0 Å². The summed E-state index contributed by atoms with van der Waals surface area (Å²) < 4.78 is 0. The SMILES string of the molecule is CC1=Cc2c(C)c3c(c(C)c2C1=C(C#N)C#N)C=C(c1sc(C)c(C)c1C)C3=C(C#N)C#N. The van der Waals surface area contributed by atoms with Crippen LogP contribution in [0.3, 0.4) is 0 Å². The summed E-state index contributed by atoms with van der Waals surface area (Å²) in [5.41, 5.74) is 11.2. The number of rotatable bonds is 1. The van der Waals surface area contributed by atoms with Gasteiger partial charge in [-0.3, -0.25) is 0 Å². The van der Waals surface area contributed by atoms with Crippen LogP contribution in [-0.4, -0.2) is 0 Å². The van der Waals surface area contributed by atoms with E-state index in [1.165, 1.54) is 10.4 Å². The first-order chi connectivity index (χ1) is 15.7. The van der Waals surface area contributed by atoms with Crippen LogP contribution in [0.2, 0.25) is 0 Å². The zero-order valence-corrected chi connectivity index (χ0v) is 20.2. The van der Waals surface area contributed by atoms with E-state index >= 15 is 0 Å². The maximum atomic E-state index is 9.83. The van der Waals surface area contributed by atoms with Crippen LogP contribution >= 0.6 is 11.3 Å². The zero-order valence-electron chi connectivity index (χ0n) is 19.4. The molecule has 33 heavy (non-hydrogen) atoms. The molecule has 1 heterocycles. The molecule has 0 saturated heterocycles. The maximum Gasteiger partial charge on any atom is 0.138 e. The summed E-state index contributed by atoms with van der Waals surface area (Å²) >= 11 is 1.68. The number of allylic oxidation sites excluding steroid dienone is 6. The van der Waals surface area contributed by atoms with Gasteiger partial charge in [-0.15, -0.1) is 11.3 Å². The highest BCUT2D eigenvalue weighted by atomic mass is 32.1. The van der Waals surface area contributed by atoms with Crippen molar-refractivity contribution >= 4 is 40.2 Å². The lowest BCUT2D eigenvalue weighted by atomic mass is 9.84. The van der Waals surface area contributed by atoms with Gasteiger partial charge in [0.1, 0.15) is 35.4 Å². The summed E-state index contributed by atoms with van der Waals surface area (Å²) in [5.74, 6) is 0. The van der Waals surface area contributed by atoms with E-state index in [4.69, 9.17) is 0 Å². The number of hydrogen-bond donors (Lipinski definition) is 0. The Balaban J connectivity index is 2.17. The molecule has 4 rings (SSSR count). The number of hydrogen-bond acceptors (Lipinski definition) is 5. The first kappa shape index (κ1) is 22.0. The predicted octanol–water partition coefficient (Wildman–Crippen LogP) is 6.86. The second-order valence-electron chi connectivity index (χ2n) is 8.40. The molecule has 0 spiro atoms. The lowest BCUT2D eigenvalue weighted by Gasteiger charge is -2.17. The van der Waals surface area contributed by atoms with Crippen molar-refractivity contribution in [2.24, 2.45) is 0 Å². The molecule has 0 amide bonds. The molecule has 0 N–H and O–H groups in total. The maximum absolute atomic E-state index is 9.83. The van der Waals surface area contributed by atoms with Gasteiger partial charge >= 0.3 is 0 Å². The van der Waals surface area contributed by atoms with Crippen molar-refractivity contribution in [3.05, 3.63) is 71.0 Å². The summed E-state index contributed by atoms with van der Waals surface area (Å²) in [6, 6.07) is 8.32. The second-order valence-corrected chi connectivity index (χ2v) is 9.62. The molecule has 2 aliphatic carbocycles. The van der Waals surface area contributed by atoms with Crippen molar-refractivity contribution in [2.45, 2.75) is 41.5 Å². The van der Waals surface area contributed by atoms with Crippen molar-refractivity contribution in [1.82, 2.24) is 0 Å². The predicted molar refractivity (Wildman–Crippen MR) is 132 cm³/mol. The van der Waals surface area contributed by atoms with Crippen molar-refractivity contribution < 1.29 is 0 Å². The highest BCUT2D eigenvalue weighted by Crippen LogP contribution is 2.53. The number of aryl methyl sites for hydroxylation is 1. The Morgan fingerprint density at radius 1 is 0.636 bits per heavy atom. The standard InChI is InChI=1S/C28H20N4S/c1-13-7-21-16(4)26-22(17(5)25(21)24(13)19(9-29)10-30)8-23(27(26)20(11-31)12-32)28-15(3)14(2)18(6)33-28/h7-8H,1-6H3. The summed E-state index contributed by atoms with van der Waals surface area (Å²) in [6.45, 7) is 12.1. The van der Waals surface area contributed by atoms with E-state index in [0.29, 0.717) is 11.1 Å². The monoisotopic (exact) mass is 444 g/mol. The van der Waals surface area contributed by atoms with Crippen molar-refractivity contribution in [3.8, 4) is 24.3 Å². The second kappa shape index (κ2) is 7.76. The number of benzene rings is 1. The first-order valence-corrected chi connectivity index (χ1v) is 11.3. The largest absolute Gasteiger partial charge is 0.192 e. The Kier molecular flexibility index (Phi) is 5.18. The van der Waals surface area contributed by atoms with E-state index in [1.54, 1.807) is 11.3 Å². The van der Waals surface area contributed by atoms with Crippen LogP contribution in [-0.2, 0) is 0 Å². The van der Waals surface area contributed by atoms with Crippen molar-refractivity contribution in [1.29, 1.82) is 21.0 Å². The highest BCUT2D eigenvalue weighted by molar-refractivity contribution is 7.13. The molecule has 0 fully saturated rings. The molecule has 0 bridgehead atoms. The van der Waals surface area contributed by atoms with Gasteiger partial charge in [-0.25, -0.2) is 0 Å². The summed E-state index contributed by atoms with van der Waals surface area (Å²) in [4.78, 5) is 2.27. The van der Waals surface area contributed by atoms with Crippen molar-refractivity contribution in [3.63, 3.8) is 0 Å². The Morgan fingerprint density at radius 3 is 1.61 bits per heavy atom. The van der Waals surface area contributed by atoms with Gasteiger partial charge in [-0.2, -0.15) is 21.0 Å². The average molecular weight is 445 g/mol. The van der Waals surface area contributed by atoms with E-state index < -0.39 is 0 Å². The molecule has 2 aromatic rings. The van der Waals surface area contributed by atoms with Crippen LogP contribution in [0.4, 0.5) is 0 Å². The fraction of sp³-hybridized carbons (Fsp3) is 0.214. The molecule has 158 valence electrons. The van der Waals surface area contributed by atoms with Crippen LogP contribution in [0.1, 0.15) is 61.2 Å². The minimum atomic E-state index is 0.0924. The fourth-order valence-electron chi connectivity index (χ4n) is 4.92. The minimum absolute atomic E-state index is 0.0924. The topological polar surface area (TPSA) is 95.2 Å². The molecule has 0 unspecified atom stereocenters. The van der Waals surface area contributed by atoms with E-state index in [0.717, 1.165) is 55.0 Å². The van der Waals surface area contributed by atoms with Gasteiger partial charge in [0.25, 0.3) is 0 Å². The number of fused-ring (bicyclic) bond motifs is 2. The molecule has 0 radical (unpaired) electrons. The van der Waals surface area contributed by atoms with Crippen LogP contribution < -0.4 is 0 Å². The Hall–Kier alpha value is -4.16. The molecule has 2 aliphatic rings. The molecule has 1 aromatic heterocycles. The molecule has 4 nitrogen and oxygen atoms in total. The van der Waals surface area contributed by atoms with E-state index in [9.17, 15) is 21.0 Å². The van der Waals surface area contributed by atoms with Crippen LogP contribution in [0.5, 0.6) is 0 Å². The third kappa shape index (κ3) is 2.92. The van der Waals surface area contributed by atoms with Gasteiger partial charge < -0.3 is 0 Å². The van der Waals surface area contributed by atoms with Gasteiger partial charge in [0, 0.05) is 26.5 Å². The normalized spacial score (nSPS) is 13.3. The van der Waals surface area contributed by atoms with Crippen LogP contribution in [0, 0.1) is 79.9 Å². The molecular formula is C28H20N4S. The van der Waals surface area contributed by atoms with Gasteiger partial charge in [-0.05, 0) is 97.7 Å². The summed E-state index contributed by atoms with van der Waals surface area (Å²) in [6.07, 6.45) is 4.07. The van der Waals surface area contributed by atoms with Gasteiger partial charge in [-0.1, -0.05) is 6.08 Å². The lowest BCUT2D eigenvalue weighted by Crippen LogP contribution is -2.02. The number of nitriles is 4. The van der Waals surface area contributed by atoms with Crippen molar-refractivity contribution in [2.75, 3.05) is 0 Å². The quantitative estimate of drug-likeness (QED) is 0.449. The van der Waals surface area contributed by atoms with E-state index in [1.807, 2.05) is 39.0 Å². The Bertz CT molecular complexity index is 1560. The number of thiophene rings is 1. The van der Waals surface area contributed by atoms with Gasteiger partial charge in [0.05, 0.1) is 0 Å². The smallest absolute Gasteiger partial charge is 0.138 e. The average Bonchev–Trinajstić information content (AvgIpc) is 3.43. The molecular weight excluding hydrogens is 424 g/mol. The molecule has 0 saturated carbocycles. The Morgan fingerprint density at radius 2 is 1.12 bits per heavy atom. The third-order valence-corrected chi connectivity index (χ3v) is 8.13. The highest BCUT2D eigenvalue weighted by Gasteiger charge is 2.34. The number of nitrogens with zero attached hydrogens (tertiary/aromatic N) is 4. The van der Waals surface area contributed by atoms with Crippen LogP contribution in [0.15, 0.2) is 16.7 Å². The summed E-state index contributed by atoms with van der Waals surface area (Å²) in [7, 11) is 0. The van der Waals surface area contributed by atoms with E-state index in [-0.39, 0.29) is 11.1 Å². The Labute approximate surface area is 197 Å². The molecule has 0 atom stereocenters. The fourth-order valence-corrected chi connectivity index (χ4v) is 6.11. The van der Waals surface area contributed by atoms with Crippen LogP contribution in [0.25, 0.3) is 28.9 Å². The minimum Gasteiger partial charge on any atom is -0.192 e. The summed E-state index contributed by atoms with van der Waals surface area (Å²) in [5, 5.41) is 38.8. The zero-order chi connectivity index (χ0) is 24.2. The molecule has 5 heteroatoms. The first-order valence-electron chi connectivity index (χ1n) is 10.5. The van der Waals surface area contributed by atoms with Gasteiger partial charge in [0.2, 0.25) is 0 Å².